The molecular weight excluding hydrogens is 320 g/mol. The van der Waals surface area contributed by atoms with Gasteiger partial charge in [0.25, 0.3) is 0 Å². The summed E-state index contributed by atoms with van der Waals surface area (Å²) in [6.07, 6.45) is 1.48. The highest BCUT2D eigenvalue weighted by Crippen LogP contribution is 2.21. The molecule has 0 radical (unpaired) electrons. The van der Waals surface area contributed by atoms with E-state index in [1.807, 2.05) is 0 Å². The largest absolute Gasteiger partial charge is 0.412 e. The highest BCUT2D eigenvalue weighted by Gasteiger charge is 2.22. The summed E-state index contributed by atoms with van der Waals surface area (Å²) in [6.45, 7) is 0. The van der Waals surface area contributed by atoms with E-state index in [0.29, 0.717) is 47.9 Å². The maximum atomic E-state index is 11.3. The quantitative estimate of drug-likeness (QED) is 0.737. The smallest absolute Gasteiger partial charge is 0.164 e. The summed E-state index contributed by atoms with van der Waals surface area (Å²) in [5.41, 5.74) is 2.37. The fraction of sp³-hybridized carbons (Fsp3) is 0.200. The van der Waals surface area contributed by atoms with E-state index in [2.05, 4.69) is 0 Å². The van der Waals surface area contributed by atoms with Gasteiger partial charge in [0.15, 0.2) is 23.1 Å². The molecule has 128 valence electrons. The minimum Gasteiger partial charge on any atom is -0.412 e. The molecule has 2 aromatic rings. The van der Waals surface area contributed by atoms with E-state index >= 15 is 0 Å². The summed E-state index contributed by atoms with van der Waals surface area (Å²) < 4.78 is 0. The molecule has 0 spiro atoms. The van der Waals surface area contributed by atoms with Crippen molar-refractivity contribution < 1.29 is 24.7 Å². The van der Waals surface area contributed by atoms with E-state index in [1.54, 1.807) is 48.5 Å². The van der Waals surface area contributed by atoms with Crippen LogP contribution in [0.25, 0.3) is 0 Å². The van der Waals surface area contributed by atoms with Gasteiger partial charge in [0.05, 0.1) is 0 Å². The minimum atomic E-state index is 0. The Morgan fingerprint density at radius 2 is 0.640 bits per heavy atom. The maximum Gasteiger partial charge on any atom is 0.164 e. The van der Waals surface area contributed by atoms with Gasteiger partial charge in [0.1, 0.15) is 0 Å². The first-order valence-corrected chi connectivity index (χ1v) is 7.89. The molecule has 0 unspecified atom stereocenters. The fourth-order valence-electron chi connectivity index (χ4n) is 2.93. The molecule has 5 heteroatoms. The van der Waals surface area contributed by atoms with Crippen LogP contribution in [-0.4, -0.2) is 28.6 Å². The van der Waals surface area contributed by atoms with Gasteiger partial charge in [-0.25, -0.2) is 0 Å². The van der Waals surface area contributed by atoms with Crippen molar-refractivity contribution >= 4 is 23.1 Å². The van der Waals surface area contributed by atoms with Crippen LogP contribution >= 0.6 is 0 Å². The molecule has 0 saturated carbocycles. The van der Waals surface area contributed by atoms with E-state index in [4.69, 9.17) is 0 Å². The van der Waals surface area contributed by atoms with Gasteiger partial charge in [0.2, 0.25) is 0 Å². The number of hydrogen-bond donors (Lipinski definition) is 0. The second-order valence-corrected chi connectivity index (χ2v) is 5.78. The molecule has 2 aliphatic carbocycles. The Hall–Kier alpha value is -2.92. The Kier molecular flexibility index (Phi) is 5.72. The lowest BCUT2D eigenvalue weighted by atomic mass is 9.90. The van der Waals surface area contributed by atoms with E-state index in [0.717, 1.165) is 0 Å². The Bertz CT molecular complexity index is 709. The van der Waals surface area contributed by atoms with E-state index in [9.17, 15) is 19.2 Å². The minimum absolute atomic E-state index is 0. The van der Waals surface area contributed by atoms with Crippen molar-refractivity contribution in [1.29, 1.82) is 0 Å². The van der Waals surface area contributed by atoms with Crippen molar-refractivity contribution in [2.75, 3.05) is 0 Å². The number of rotatable bonds is 0. The lowest BCUT2D eigenvalue weighted by Crippen LogP contribution is -2.16. The van der Waals surface area contributed by atoms with Crippen LogP contribution in [0.4, 0.5) is 0 Å². The predicted molar refractivity (Wildman–Crippen MR) is 92.3 cm³/mol. The number of ketones is 4. The lowest BCUT2D eigenvalue weighted by Gasteiger charge is -2.11. The van der Waals surface area contributed by atoms with Gasteiger partial charge in [-0.15, -0.1) is 0 Å². The summed E-state index contributed by atoms with van der Waals surface area (Å²) >= 11 is 0. The molecule has 4 rings (SSSR count). The Balaban J connectivity index is 0.000000173. The molecule has 2 aromatic carbocycles. The summed E-state index contributed by atoms with van der Waals surface area (Å²) in [5.74, 6) is 0.353. The van der Waals surface area contributed by atoms with Gasteiger partial charge in [-0.1, -0.05) is 48.5 Å². The summed E-state index contributed by atoms with van der Waals surface area (Å²) in [7, 11) is 0. The lowest BCUT2D eigenvalue weighted by molar-refractivity contribution is 0.0890. The molecule has 0 aromatic heterocycles. The summed E-state index contributed by atoms with van der Waals surface area (Å²) in [6, 6.07) is 14.0. The number of Topliss-reactive ketones (excluding diaryl/α,β-unsaturated/α-hetero) is 4. The first-order valence-electron chi connectivity index (χ1n) is 7.89. The molecule has 25 heavy (non-hydrogen) atoms. The highest BCUT2D eigenvalue weighted by molar-refractivity contribution is 6.14. The standard InChI is InChI=1S/2C10H8O2.H2O/c2*11-9-5-6-10(12)8-4-2-1-3-7(8)9;/h2*1-4H,5-6H2;1H2. The highest BCUT2D eigenvalue weighted by atomic mass is 16.1. The number of benzene rings is 2. The molecule has 2 aliphatic rings. The van der Waals surface area contributed by atoms with Crippen molar-refractivity contribution in [2.45, 2.75) is 25.7 Å². The van der Waals surface area contributed by atoms with E-state index < -0.39 is 0 Å². The van der Waals surface area contributed by atoms with Crippen LogP contribution in [0.3, 0.4) is 0 Å². The second kappa shape index (κ2) is 7.77. The zero-order chi connectivity index (χ0) is 17.1. The number of carbonyl (C=O) groups is 4. The van der Waals surface area contributed by atoms with Gasteiger partial charge in [-0.2, -0.15) is 0 Å². The normalized spacial score (nSPS) is 15.4. The van der Waals surface area contributed by atoms with E-state index in [1.165, 1.54) is 0 Å². The topological polar surface area (TPSA) is 99.8 Å². The molecular formula is C20H18O5. The van der Waals surface area contributed by atoms with Crippen LogP contribution in [0.5, 0.6) is 0 Å². The van der Waals surface area contributed by atoms with Gasteiger partial charge in [0, 0.05) is 47.9 Å². The Labute approximate surface area is 145 Å². The second-order valence-electron chi connectivity index (χ2n) is 5.78. The molecule has 0 aliphatic heterocycles. The van der Waals surface area contributed by atoms with Crippen LogP contribution in [0.15, 0.2) is 48.5 Å². The number of hydrogen-bond acceptors (Lipinski definition) is 4. The molecule has 0 atom stereocenters. The zero-order valence-electron chi connectivity index (χ0n) is 13.6. The molecule has 2 N–H and O–H groups in total. The third-order valence-corrected chi connectivity index (χ3v) is 4.21. The van der Waals surface area contributed by atoms with Crippen molar-refractivity contribution in [2.24, 2.45) is 0 Å². The molecule has 0 fully saturated rings. The molecule has 0 amide bonds. The molecule has 0 heterocycles. The first-order chi connectivity index (χ1) is 11.6. The summed E-state index contributed by atoms with van der Waals surface area (Å²) in [4.78, 5) is 45.1. The van der Waals surface area contributed by atoms with Gasteiger partial charge in [-0.05, 0) is 0 Å². The van der Waals surface area contributed by atoms with Crippen LogP contribution < -0.4 is 0 Å². The van der Waals surface area contributed by atoms with Crippen molar-refractivity contribution in [3.05, 3.63) is 70.8 Å². The predicted octanol–water partition coefficient (Wildman–Crippen LogP) is 2.87. The number of carbonyl (C=O) groups excluding carboxylic acids is 4. The van der Waals surface area contributed by atoms with Gasteiger partial charge < -0.3 is 5.48 Å². The third kappa shape index (κ3) is 3.78. The number of fused-ring (bicyclic) bond motifs is 2. The SMILES string of the molecule is O.O=C1CCC(=O)c2ccccc21.O=C1CCC(=O)c2ccccc21. The van der Waals surface area contributed by atoms with Gasteiger partial charge >= 0.3 is 0 Å². The average Bonchev–Trinajstić information content (AvgIpc) is 2.63. The van der Waals surface area contributed by atoms with Crippen molar-refractivity contribution in [3.8, 4) is 0 Å². The Morgan fingerprint density at radius 1 is 0.440 bits per heavy atom. The third-order valence-electron chi connectivity index (χ3n) is 4.21. The van der Waals surface area contributed by atoms with Crippen molar-refractivity contribution in [3.63, 3.8) is 0 Å². The monoisotopic (exact) mass is 338 g/mol. The first kappa shape index (κ1) is 18.4. The van der Waals surface area contributed by atoms with Crippen LogP contribution in [0.1, 0.15) is 67.1 Å². The van der Waals surface area contributed by atoms with Crippen LogP contribution in [0, 0.1) is 0 Å². The van der Waals surface area contributed by atoms with Crippen LogP contribution in [-0.2, 0) is 0 Å². The molecule has 0 bridgehead atoms. The van der Waals surface area contributed by atoms with Crippen LogP contribution in [0.2, 0.25) is 0 Å². The average molecular weight is 338 g/mol. The Morgan fingerprint density at radius 3 is 0.840 bits per heavy atom. The molecule has 5 nitrogen and oxygen atoms in total. The van der Waals surface area contributed by atoms with E-state index in [-0.39, 0.29) is 28.6 Å². The molecule has 0 saturated heterocycles. The fourth-order valence-corrected chi connectivity index (χ4v) is 2.93. The van der Waals surface area contributed by atoms with Gasteiger partial charge in [-0.3, -0.25) is 19.2 Å². The summed E-state index contributed by atoms with van der Waals surface area (Å²) in [5, 5.41) is 0. The zero-order valence-corrected chi connectivity index (χ0v) is 13.6. The maximum absolute atomic E-state index is 11.3. The van der Waals surface area contributed by atoms with Crippen molar-refractivity contribution in [1.82, 2.24) is 0 Å².